The fourth-order valence-corrected chi connectivity index (χ4v) is 2.32. The average molecular weight is 457 g/mol. The summed E-state index contributed by atoms with van der Waals surface area (Å²) < 4.78 is 80.6. The van der Waals surface area contributed by atoms with Crippen LogP contribution in [0.25, 0.3) is 0 Å². The summed E-state index contributed by atoms with van der Waals surface area (Å²) in [6.45, 7) is 0.0831. The minimum absolute atomic E-state index is 0.0831. The van der Waals surface area contributed by atoms with Gasteiger partial charge < -0.3 is 14.8 Å². The maximum atomic E-state index is 12.2. The standard InChI is InChI=1S/C19H13F6N5O2/c20-18(21,22)31-14-5-1-12(2-6-14)11-27-30-16-9-10-26-17(29-16)28-13-3-7-15(8-4-13)32-19(23,24)25/h1-10H,11H2,(H,26,28,29). The Kier molecular flexibility index (Phi) is 6.76. The lowest BCUT2D eigenvalue weighted by Gasteiger charge is -2.09. The van der Waals surface area contributed by atoms with Crippen LogP contribution < -0.4 is 14.8 Å². The van der Waals surface area contributed by atoms with Gasteiger partial charge in [0.1, 0.15) is 11.5 Å². The van der Waals surface area contributed by atoms with E-state index in [-0.39, 0.29) is 29.8 Å². The molecule has 0 atom stereocenters. The zero-order valence-electron chi connectivity index (χ0n) is 15.9. The molecule has 0 radical (unpaired) electrons. The number of hydrogen-bond donors (Lipinski definition) is 1. The topological polar surface area (TPSA) is 81.0 Å². The van der Waals surface area contributed by atoms with Crippen LogP contribution in [-0.2, 0) is 6.54 Å². The SMILES string of the molecule is FC(F)(F)Oc1ccc(CN=Nc2ccnc(Nc3ccc(OC(F)(F)F)cc3)n2)cc1. The fourth-order valence-electron chi connectivity index (χ4n) is 2.32. The van der Waals surface area contributed by atoms with Gasteiger partial charge in [0.05, 0.1) is 6.54 Å². The molecule has 168 valence electrons. The fraction of sp³-hybridized carbons (Fsp3) is 0.158. The number of benzene rings is 2. The maximum Gasteiger partial charge on any atom is 0.573 e. The van der Waals surface area contributed by atoms with E-state index in [9.17, 15) is 26.3 Å². The van der Waals surface area contributed by atoms with Gasteiger partial charge in [-0.25, -0.2) is 4.98 Å². The molecule has 0 saturated heterocycles. The minimum Gasteiger partial charge on any atom is -0.406 e. The second-order valence-corrected chi connectivity index (χ2v) is 6.03. The van der Waals surface area contributed by atoms with E-state index >= 15 is 0 Å². The lowest BCUT2D eigenvalue weighted by molar-refractivity contribution is -0.275. The molecule has 0 bridgehead atoms. The van der Waals surface area contributed by atoms with E-state index in [2.05, 4.69) is 35.0 Å². The third-order valence-corrected chi connectivity index (χ3v) is 3.57. The summed E-state index contributed by atoms with van der Waals surface area (Å²) in [6, 6.07) is 11.6. The van der Waals surface area contributed by atoms with Crippen molar-refractivity contribution in [3.63, 3.8) is 0 Å². The maximum absolute atomic E-state index is 12.2. The minimum atomic E-state index is -4.78. The largest absolute Gasteiger partial charge is 0.573 e. The van der Waals surface area contributed by atoms with Crippen molar-refractivity contribution in [3.8, 4) is 11.5 Å². The van der Waals surface area contributed by atoms with Gasteiger partial charge in [-0.15, -0.1) is 31.5 Å². The van der Waals surface area contributed by atoms with Gasteiger partial charge in [-0.2, -0.15) is 10.1 Å². The van der Waals surface area contributed by atoms with Crippen LogP contribution in [0.4, 0.5) is 43.8 Å². The molecule has 0 spiro atoms. The van der Waals surface area contributed by atoms with Crippen molar-refractivity contribution in [2.45, 2.75) is 19.3 Å². The second-order valence-electron chi connectivity index (χ2n) is 6.03. The Morgan fingerprint density at radius 2 is 1.34 bits per heavy atom. The summed E-state index contributed by atoms with van der Waals surface area (Å²) in [7, 11) is 0. The molecule has 0 unspecified atom stereocenters. The van der Waals surface area contributed by atoms with Crippen LogP contribution in [0.3, 0.4) is 0 Å². The summed E-state index contributed by atoms with van der Waals surface area (Å²) in [5, 5.41) is 10.6. The molecule has 1 aromatic heterocycles. The van der Waals surface area contributed by atoms with Crippen molar-refractivity contribution in [3.05, 3.63) is 66.4 Å². The first-order chi connectivity index (χ1) is 15.1. The highest BCUT2D eigenvalue weighted by Gasteiger charge is 2.31. The van der Waals surface area contributed by atoms with Crippen LogP contribution >= 0.6 is 0 Å². The van der Waals surface area contributed by atoms with E-state index < -0.39 is 12.7 Å². The summed E-state index contributed by atoms with van der Waals surface area (Å²) in [5.74, 6) is -0.400. The van der Waals surface area contributed by atoms with E-state index in [1.165, 1.54) is 36.5 Å². The number of aromatic nitrogens is 2. The van der Waals surface area contributed by atoms with E-state index in [0.29, 0.717) is 11.3 Å². The quantitative estimate of drug-likeness (QED) is 0.333. The Hall–Kier alpha value is -3.90. The Morgan fingerprint density at radius 3 is 1.91 bits per heavy atom. The smallest absolute Gasteiger partial charge is 0.406 e. The number of nitrogens with zero attached hydrogens (tertiary/aromatic N) is 4. The van der Waals surface area contributed by atoms with Crippen LogP contribution in [-0.4, -0.2) is 22.7 Å². The normalized spacial score (nSPS) is 12.1. The summed E-state index contributed by atoms with van der Waals surface area (Å²) in [5.41, 5.74) is 1.01. The number of rotatable bonds is 7. The molecule has 32 heavy (non-hydrogen) atoms. The van der Waals surface area contributed by atoms with Crippen molar-refractivity contribution >= 4 is 17.5 Å². The lowest BCUT2D eigenvalue weighted by Crippen LogP contribution is -2.17. The van der Waals surface area contributed by atoms with E-state index in [1.54, 1.807) is 0 Å². The average Bonchev–Trinajstić information content (AvgIpc) is 2.69. The Labute approximate surface area is 176 Å². The second kappa shape index (κ2) is 9.49. The third-order valence-electron chi connectivity index (χ3n) is 3.57. The monoisotopic (exact) mass is 457 g/mol. The molecule has 2 aromatic carbocycles. The van der Waals surface area contributed by atoms with Gasteiger partial charge in [0.2, 0.25) is 5.95 Å². The molecule has 0 saturated carbocycles. The van der Waals surface area contributed by atoms with Crippen LogP contribution in [0.5, 0.6) is 11.5 Å². The van der Waals surface area contributed by atoms with Gasteiger partial charge in [-0.3, -0.25) is 0 Å². The highest BCUT2D eigenvalue weighted by molar-refractivity contribution is 5.55. The molecule has 0 fully saturated rings. The molecular weight excluding hydrogens is 444 g/mol. The summed E-state index contributed by atoms with van der Waals surface area (Å²) in [4.78, 5) is 8.08. The number of azo groups is 1. The van der Waals surface area contributed by atoms with Gasteiger partial charge in [-0.1, -0.05) is 12.1 Å². The molecule has 3 aromatic rings. The van der Waals surface area contributed by atoms with Crippen molar-refractivity contribution < 1.29 is 35.8 Å². The Bertz CT molecular complexity index is 1050. The van der Waals surface area contributed by atoms with Crippen molar-refractivity contribution in [1.82, 2.24) is 9.97 Å². The molecule has 3 rings (SSSR count). The molecule has 7 nitrogen and oxygen atoms in total. The number of anilines is 2. The molecule has 13 heteroatoms. The Morgan fingerprint density at radius 1 is 0.781 bits per heavy atom. The lowest BCUT2D eigenvalue weighted by atomic mass is 10.2. The number of hydrogen-bond acceptors (Lipinski definition) is 7. The highest BCUT2D eigenvalue weighted by atomic mass is 19.4. The van der Waals surface area contributed by atoms with Gasteiger partial charge >= 0.3 is 12.7 Å². The first kappa shape index (κ1) is 22.8. The summed E-state index contributed by atoms with van der Waals surface area (Å²) >= 11 is 0. The molecule has 0 amide bonds. The molecule has 0 aliphatic rings. The van der Waals surface area contributed by atoms with Gasteiger partial charge in [0.25, 0.3) is 0 Å². The number of ether oxygens (including phenoxy) is 2. The molecular formula is C19H13F6N5O2. The number of alkyl halides is 6. The predicted octanol–water partition coefficient (Wildman–Crippen LogP) is 6.30. The van der Waals surface area contributed by atoms with Crippen LogP contribution in [0, 0.1) is 0 Å². The summed E-state index contributed by atoms with van der Waals surface area (Å²) in [6.07, 6.45) is -8.15. The van der Waals surface area contributed by atoms with Crippen molar-refractivity contribution in [2.24, 2.45) is 10.2 Å². The van der Waals surface area contributed by atoms with Crippen molar-refractivity contribution in [2.75, 3.05) is 5.32 Å². The predicted molar refractivity (Wildman–Crippen MR) is 99.8 cm³/mol. The molecule has 1 N–H and O–H groups in total. The number of nitrogens with one attached hydrogen (secondary N) is 1. The first-order valence-electron chi connectivity index (χ1n) is 8.74. The molecule has 0 aliphatic heterocycles. The van der Waals surface area contributed by atoms with Crippen LogP contribution in [0.2, 0.25) is 0 Å². The van der Waals surface area contributed by atoms with Gasteiger partial charge in [-0.05, 0) is 42.0 Å². The highest BCUT2D eigenvalue weighted by Crippen LogP contribution is 2.25. The van der Waals surface area contributed by atoms with E-state index in [0.717, 1.165) is 24.3 Å². The van der Waals surface area contributed by atoms with E-state index in [4.69, 9.17) is 0 Å². The van der Waals surface area contributed by atoms with Crippen molar-refractivity contribution in [1.29, 1.82) is 0 Å². The zero-order valence-corrected chi connectivity index (χ0v) is 15.9. The molecule has 1 heterocycles. The van der Waals surface area contributed by atoms with E-state index in [1.807, 2.05) is 0 Å². The third kappa shape index (κ3) is 7.74. The van der Waals surface area contributed by atoms with Gasteiger partial charge in [0, 0.05) is 18.0 Å². The molecule has 0 aliphatic carbocycles. The van der Waals surface area contributed by atoms with Crippen LogP contribution in [0.1, 0.15) is 5.56 Å². The number of halogens is 6. The Balaban J connectivity index is 1.57. The van der Waals surface area contributed by atoms with Gasteiger partial charge in [0.15, 0.2) is 5.82 Å². The zero-order chi connectivity index (χ0) is 23.2. The van der Waals surface area contributed by atoms with Crippen LogP contribution in [0.15, 0.2) is 71.0 Å². The first-order valence-corrected chi connectivity index (χ1v) is 8.74.